The molecule has 0 aliphatic heterocycles. The minimum Gasteiger partial charge on any atom is -0.269 e. The number of nitrogens with zero attached hydrogens (tertiary/aromatic N) is 2. The van der Waals surface area contributed by atoms with Crippen LogP contribution in [0, 0.1) is 24.0 Å². The summed E-state index contributed by atoms with van der Waals surface area (Å²) < 4.78 is 26.6. The Hall–Kier alpha value is -2.41. The average molecular weight is 320 g/mol. The monoisotopic (exact) mass is 320 g/mol. The second-order valence-electron chi connectivity index (χ2n) is 4.99. The molecule has 2 aromatic carbocycles. The fourth-order valence-electron chi connectivity index (χ4n) is 2.16. The zero-order valence-corrected chi connectivity index (χ0v) is 13.3. The van der Waals surface area contributed by atoms with E-state index in [4.69, 9.17) is 0 Å². The van der Waals surface area contributed by atoms with E-state index in [0.29, 0.717) is 5.69 Å². The van der Waals surface area contributed by atoms with E-state index in [1.165, 1.54) is 31.3 Å². The topological polar surface area (TPSA) is 80.5 Å². The Morgan fingerprint density at radius 1 is 1.09 bits per heavy atom. The van der Waals surface area contributed by atoms with Crippen LogP contribution >= 0.6 is 0 Å². The van der Waals surface area contributed by atoms with Crippen LogP contribution in [0.5, 0.6) is 0 Å². The number of para-hydroxylation sites is 1. The van der Waals surface area contributed by atoms with E-state index in [-0.39, 0.29) is 4.90 Å². The first kappa shape index (κ1) is 16.0. The molecule has 116 valence electrons. The Balaban J connectivity index is 2.60. The molecule has 22 heavy (non-hydrogen) atoms. The lowest BCUT2D eigenvalue weighted by atomic mass is 10.1. The number of nitro groups is 1. The second kappa shape index (κ2) is 5.76. The largest absolute Gasteiger partial charge is 0.289 e. The molecule has 0 amide bonds. The van der Waals surface area contributed by atoms with E-state index < -0.39 is 20.6 Å². The number of hydrogen-bond donors (Lipinski definition) is 0. The minimum atomic E-state index is -4.02. The van der Waals surface area contributed by atoms with Crippen molar-refractivity contribution in [3.8, 4) is 0 Å². The first-order chi connectivity index (χ1) is 10.2. The van der Waals surface area contributed by atoms with Gasteiger partial charge in [-0.1, -0.05) is 24.3 Å². The van der Waals surface area contributed by atoms with Crippen molar-refractivity contribution in [1.29, 1.82) is 0 Å². The molecule has 6 nitrogen and oxygen atoms in total. The van der Waals surface area contributed by atoms with Gasteiger partial charge in [0.05, 0.1) is 10.6 Å². The average Bonchev–Trinajstić information content (AvgIpc) is 2.49. The van der Waals surface area contributed by atoms with Crippen molar-refractivity contribution >= 4 is 21.4 Å². The standard InChI is InChI=1S/C15H16N2O4S/c1-11-8-9-12(2)14(10-11)16(3)22(20,21)15-7-5-4-6-13(15)17(18)19/h4-10H,1-3H3. The number of nitro benzene ring substituents is 1. The Bertz CT molecular complexity index is 831. The van der Waals surface area contributed by atoms with Crippen molar-refractivity contribution in [3.05, 3.63) is 63.7 Å². The summed E-state index contributed by atoms with van der Waals surface area (Å²) in [6, 6.07) is 10.8. The Labute approximate surface area is 129 Å². The fraction of sp³-hybridized carbons (Fsp3) is 0.200. The predicted molar refractivity (Wildman–Crippen MR) is 84.6 cm³/mol. The molecule has 0 atom stereocenters. The SMILES string of the molecule is Cc1ccc(C)c(N(C)S(=O)(=O)c2ccccc2[N+](=O)[O-])c1. The second-order valence-corrected chi connectivity index (χ2v) is 6.92. The van der Waals surface area contributed by atoms with E-state index in [1.54, 1.807) is 13.0 Å². The Kier molecular flexibility index (Phi) is 4.18. The summed E-state index contributed by atoms with van der Waals surface area (Å²) in [5.41, 5.74) is 1.75. The van der Waals surface area contributed by atoms with Crippen molar-refractivity contribution in [2.45, 2.75) is 18.7 Å². The lowest BCUT2D eigenvalue weighted by Crippen LogP contribution is -2.28. The molecule has 0 saturated heterocycles. The van der Waals surface area contributed by atoms with Gasteiger partial charge < -0.3 is 0 Å². The van der Waals surface area contributed by atoms with E-state index in [0.717, 1.165) is 15.4 Å². The van der Waals surface area contributed by atoms with Crippen molar-refractivity contribution in [1.82, 2.24) is 0 Å². The van der Waals surface area contributed by atoms with Gasteiger partial charge in [-0.2, -0.15) is 0 Å². The van der Waals surface area contributed by atoms with Crippen LogP contribution in [0.25, 0.3) is 0 Å². The number of hydrogen-bond acceptors (Lipinski definition) is 4. The van der Waals surface area contributed by atoms with Crippen molar-refractivity contribution < 1.29 is 13.3 Å². The highest BCUT2D eigenvalue weighted by Gasteiger charge is 2.29. The van der Waals surface area contributed by atoms with Gasteiger partial charge in [0.25, 0.3) is 15.7 Å². The summed E-state index contributed by atoms with van der Waals surface area (Å²) in [5, 5.41) is 11.1. The summed E-state index contributed by atoms with van der Waals surface area (Å²) in [6.45, 7) is 3.65. The van der Waals surface area contributed by atoms with Crippen LogP contribution < -0.4 is 4.31 Å². The highest BCUT2D eigenvalue weighted by atomic mass is 32.2. The van der Waals surface area contributed by atoms with E-state index in [1.807, 2.05) is 19.1 Å². The van der Waals surface area contributed by atoms with Crippen LogP contribution in [0.4, 0.5) is 11.4 Å². The molecule has 0 heterocycles. The molecule has 0 fully saturated rings. The highest BCUT2D eigenvalue weighted by Crippen LogP contribution is 2.30. The molecule has 0 aliphatic rings. The highest BCUT2D eigenvalue weighted by molar-refractivity contribution is 7.93. The van der Waals surface area contributed by atoms with Crippen LogP contribution in [0.15, 0.2) is 47.4 Å². The number of benzene rings is 2. The maximum absolute atomic E-state index is 12.7. The number of anilines is 1. The van der Waals surface area contributed by atoms with Crippen LogP contribution in [0.1, 0.15) is 11.1 Å². The van der Waals surface area contributed by atoms with Gasteiger partial charge in [0.2, 0.25) is 0 Å². The Morgan fingerprint density at radius 2 is 1.73 bits per heavy atom. The first-order valence-corrected chi connectivity index (χ1v) is 7.99. The normalized spacial score (nSPS) is 11.2. The molecule has 2 aromatic rings. The molecule has 7 heteroatoms. The Morgan fingerprint density at radius 3 is 2.36 bits per heavy atom. The number of sulfonamides is 1. The molecule has 0 unspecified atom stereocenters. The van der Waals surface area contributed by atoms with E-state index in [9.17, 15) is 18.5 Å². The van der Waals surface area contributed by atoms with Gasteiger partial charge in [0.1, 0.15) is 0 Å². The smallest absolute Gasteiger partial charge is 0.269 e. The van der Waals surface area contributed by atoms with Crippen molar-refractivity contribution in [2.75, 3.05) is 11.4 Å². The zero-order valence-electron chi connectivity index (χ0n) is 12.5. The minimum absolute atomic E-state index is 0.316. The van der Waals surface area contributed by atoms with Crippen molar-refractivity contribution in [2.24, 2.45) is 0 Å². The van der Waals surface area contributed by atoms with E-state index >= 15 is 0 Å². The third-order valence-electron chi connectivity index (χ3n) is 3.40. The molecule has 0 N–H and O–H groups in total. The first-order valence-electron chi connectivity index (χ1n) is 6.54. The molecule has 0 radical (unpaired) electrons. The molecular formula is C15H16N2O4S. The van der Waals surface area contributed by atoms with E-state index in [2.05, 4.69) is 0 Å². The summed E-state index contributed by atoms with van der Waals surface area (Å²) in [5.74, 6) is 0. The molecule has 0 aromatic heterocycles. The summed E-state index contributed by atoms with van der Waals surface area (Å²) in [7, 11) is -2.62. The van der Waals surface area contributed by atoms with Gasteiger partial charge in [0, 0.05) is 13.1 Å². The maximum Gasteiger partial charge on any atom is 0.289 e. The van der Waals surface area contributed by atoms with Gasteiger partial charge in [0.15, 0.2) is 4.90 Å². The van der Waals surface area contributed by atoms with Gasteiger partial charge in [-0.05, 0) is 37.1 Å². The lowest BCUT2D eigenvalue weighted by Gasteiger charge is -2.21. The zero-order chi connectivity index (χ0) is 16.5. The third kappa shape index (κ3) is 2.80. The molecule has 0 aliphatic carbocycles. The molecular weight excluding hydrogens is 304 g/mol. The summed E-state index contributed by atoms with van der Waals surface area (Å²) >= 11 is 0. The van der Waals surface area contributed by atoms with Gasteiger partial charge >= 0.3 is 0 Å². The quantitative estimate of drug-likeness (QED) is 0.640. The number of rotatable bonds is 4. The van der Waals surface area contributed by atoms with Crippen LogP contribution in [-0.2, 0) is 10.0 Å². The van der Waals surface area contributed by atoms with Crippen LogP contribution in [0.3, 0.4) is 0 Å². The molecule has 2 rings (SSSR count). The molecule has 0 spiro atoms. The maximum atomic E-state index is 12.7. The fourth-order valence-corrected chi connectivity index (χ4v) is 3.57. The van der Waals surface area contributed by atoms with Gasteiger partial charge in [-0.25, -0.2) is 8.42 Å². The summed E-state index contributed by atoms with van der Waals surface area (Å²) in [6.07, 6.45) is 0. The van der Waals surface area contributed by atoms with Crippen molar-refractivity contribution in [3.63, 3.8) is 0 Å². The van der Waals surface area contributed by atoms with Gasteiger partial charge in [-0.3, -0.25) is 14.4 Å². The molecule has 0 bridgehead atoms. The molecule has 0 saturated carbocycles. The predicted octanol–water partition coefficient (Wildman–Crippen LogP) is 3.04. The number of aryl methyl sites for hydroxylation is 2. The third-order valence-corrected chi connectivity index (χ3v) is 5.22. The van der Waals surface area contributed by atoms with Crippen LogP contribution in [-0.4, -0.2) is 20.4 Å². The summed E-state index contributed by atoms with van der Waals surface area (Å²) in [4.78, 5) is 10.1. The van der Waals surface area contributed by atoms with Crippen LogP contribution in [0.2, 0.25) is 0 Å². The van der Waals surface area contributed by atoms with Gasteiger partial charge in [-0.15, -0.1) is 0 Å². The lowest BCUT2D eigenvalue weighted by molar-refractivity contribution is -0.387.